The zero-order chi connectivity index (χ0) is 26.8. The molecule has 0 bridgehead atoms. The fourth-order valence-corrected chi connectivity index (χ4v) is 4.33. The first-order chi connectivity index (χ1) is 17.4. The van der Waals surface area contributed by atoms with Gasteiger partial charge in [-0.2, -0.15) is 23.0 Å². The van der Waals surface area contributed by atoms with Crippen molar-refractivity contribution in [2.24, 2.45) is 0 Å². The minimum Gasteiger partial charge on any atom is -0.455 e. The highest BCUT2D eigenvalue weighted by Crippen LogP contribution is 2.34. The van der Waals surface area contributed by atoms with Gasteiger partial charge in [-0.15, -0.1) is 0 Å². The van der Waals surface area contributed by atoms with Crippen LogP contribution in [0.2, 0.25) is 0 Å². The van der Waals surface area contributed by atoms with E-state index in [-0.39, 0.29) is 11.7 Å². The van der Waals surface area contributed by atoms with Gasteiger partial charge in [0.15, 0.2) is 5.69 Å². The molecule has 0 atom stereocenters. The molecule has 1 aromatic heterocycles. The number of alkyl halides is 3. The second-order valence-electron chi connectivity index (χ2n) is 10.1. The predicted molar refractivity (Wildman–Crippen MR) is 130 cm³/mol. The van der Waals surface area contributed by atoms with E-state index in [1.165, 1.54) is 18.3 Å². The zero-order valence-electron chi connectivity index (χ0n) is 21.3. The van der Waals surface area contributed by atoms with E-state index in [2.05, 4.69) is 10.00 Å². The number of amides is 1. The van der Waals surface area contributed by atoms with E-state index in [0.717, 1.165) is 16.3 Å². The number of esters is 1. The topological polar surface area (TPSA) is 80.1 Å². The predicted octanol–water partition coefficient (Wildman–Crippen LogP) is 3.48. The first kappa shape index (κ1) is 26.9. The molecule has 0 spiro atoms. The summed E-state index contributed by atoms with van der Waals surface area (Å²) in [6, 6.07) is 4.99. The van der Waals surface area contributed by atoms with Crippen LogP contribution in [0.25, 0.3) is 0 Å². The third-order valence-corrected chi connectivity index (χ3v) is 6.19. The first-order valence-electron chi connectivity index (χ1n) is 12.2. The van der Waals surface area contributed by atoms with E-state index >= 15 is 0 Å². The molecular weight excluding hydrogens is 491 g/mol. The van der Waals surface area contributed by atoms with Crippen molar-refractivity contribution in [2.75, 3.05) is 57.4 Å². The Labute approximate surface area is 213 Å². The third kappa shape index (κ3) is 6.80. The number of rotatable bonds is 4. The number of benzene rings is 1. The maximum absolute atomic E-state index is 13.4. The third-order valence-electron chi connectivity index (χ3n) is 6.19. The molecule has 12 heteroatoms. The SMILES string of the molecule is CC(C)(C)OC(=O)c1ccn(C(=O)N2CCN(Cc3ccc(C(F)(F)F)cc3N3CCOCC3)CC2)n1. The smallest absolute Gasteiger partial charge is 0.416 e. The fourth-order valence-electron chi connectivity index (χ4n) is 4.33. The minimum absolute atomic E-state index is 0.0554. The molecule has 0 saturated carbocycles. The highest BCUT2D eigenvalue weighted by atomic mass is 19.4. The zero-order valence-corrected chi connectivity index (χ0v) is 21.3. The number of carbonyl (C=O) groups is 2. The van der Waals surface area contributed by atoms with Crippen LogP contribution in [0.3, 0.4) is 0 Å². The lowest BCUT2D eigenvalue weighted by Crippen LogP contribution is -2.49. The summed E-state index contributed by atoms with van der Waals surface area (Å²) in [5.74, 6) is -0.600. The Kier molecular flexibility index (Phi) is 7.79. The average molecular weight is 524 g/mol. The Balaban J connectivity index is 1.39. The van der Waals surface area contributed by atoms with Crippen molar-refractivity contribution in [3.63, 3.8) is 0 Å². The Morgan fingerprint density at radius 3 is 2.30 bits per heavy atom. The summed E-state index contributed by atoms with van der Waals surface area (Å²) in [7, 11) is 0. The van der Waals surface area contributed by atoms with Gasteiger partial charge in [-0.3, -0.25) is 4.90 Å². The summed E-state index contributed by atoms with van der Waals surface area (Å²) in [5, 5.41) is 4.08. The molecule has 2 aromatic rings. The lowest BCUT2D eigenvalue weighted by molar-refractivity contribution is -0.137. The molecule has 2 saturated heterocycles. The van der Waals surface area contributed by atoms with E-state index in [1.807, 2.05) is 4.90 Å². The van der Waals surface area contributed by atoms with E-state index in [9.17, 15) is 22.8 Å². The van der Waals surface area contributed by atoms with Crippen LogP contribution in [0.15, 0.2) is 30.5 Å². The van der Waals surface area contributed by atoms with Gasteiger partial charge in [-0.1, -0.05) is 6.07 Å². The molecule has 2 aliphatic heterocycles. The maximum Gasteiger partial charge on any atom is 0.416 e. The van der Waals surface area contributed by atoms with Crippen LogP contribution in [0, 0.1) is 0 Å². The van der Waals surface area contributed by atoms with Crippen molar-refractivity contribution in [3.8, 4) is 0 Å². The lowest BCUT2D eigenvalue weighted by Gasteiger charge is -2.36. The van der Waals surface area contributed by atoms with Gasteiger partial charge in [-0.25, -0.2) is 9.59 Å². The second kappa shape index (κ2) is 10.7. The summed E-state index contributed by atoms with van der Waals surface area (Å²) in [6.07, 6.45) is -2.98. The molecule has 3 heterocycles. The van der Waals surface area contributed by atoms with Gasteiger partial charge in [0.2, 0.25) is 0 Å². The van der Waals surface area contributed by atoms with E-state index in [4.69, 9.17) is 9.47 Å². The van der Waals surface area contributed by atoms with Gasteiger partial charge in [0.1, 0.15) is 5.60 Å². The summed E-state index contributed by atoms with van der Waals surface area (Å²) < 4.78 is 51.9. The minimum atomic E-state index is -4.42. The van der Waals surface area contributed by atoms with Crippen LogP contribution < -0.4 is 4.90 Å². The lowest BCUT2D eigenvalue weighted by atomic mass is 10.1. The van der Waals surface area contributed by atoms with Gasteiger partial charge in [0.25, 0.3) is 0 Å². The molecule has 37 heavy (non-hydrogen) atoms. The van der Waals surface area contributed by atoms with Crippen molar-refractivity contribution < 1.29 is 32.2 Å². The van der Waals surface area contributed by atoms with Crippen molar-refractivity contribution in [2.45, 2.75) is 39.1 Å². The van der Waals surface area contributed by atoms with Crippen LogP contribution in [-0.2, 0) is 22.2 Å². The Morgan fingerprint density at radius 2 is 1.68 bits per heavy atom. The number of hydrogen-bond donors (Lipinski definition) is 0. The number of morpholine rings is 1. The van der Waals surface area contributed by atoms with Crippen molar-refractivity contribution in [1.29, 1.82) is 0 Å². The summed E-state index contributed by atoms with van der Waals surface area (Å²) in [4.78, 5) is 30.8. The number of aromatic nitrogens is 2. The molecule has 9 nitrogen and oxygen atoms in total. The number of nitrogens with zero attached hydrogens (tertiary/aromatic N) is 5. The number of halogens is 3. The highest BCUT2D eigenvalue weighted by molar-refractivity contribution is 5.88. The molecule has 2 fully saturated rings. The molecule has 0 unspecified atom stereocenters. The Hall–Kier alpha value is -3.12. The fraction of sp³-hybridized carbons (Fsp3) is 0.560. The molecule has 0 aliphatic carbocycles. The van der Waals surface area contributed by atoms with Gasteiger partial charge in [0.05, 0.1) is 18.8 Å². The average Bonchev–Trinajstić information content (AvgIpc) is 3.34. The molecule has 2 aliphatic rings. The molecule has 0 N–H and O–H groups in total. The van der Waals surface area contributed by atoms with E-state index in [1.54, 1.807) is 31.7 Å². The number of ether oxygens (including phenoxy) is 2. The Morgan fingerprint density at radius 1 is 1.00 bits per heavy atom. The standard InChI is InChI=1S/C25H32F3N5O4/c1-24(2,3)37-22(34)20-6-7-33(29-20)23(35)32-10-8-30(9-11-32)17-18-4-5-19(25(26,27)28)16-21(18)31-12-14-36-15-13-31/h4-7,16H,8-15,17H2,1-3H3. The highest BCUT2D eigenvalue weighted by Gasteiger charge is 2.32. The normalized spacial score (nSPS) is 17.7. The van der Waals surface area contributed by atoms with Crippen molar-refractivity contribution >= 4 is 17.7 Å². The Bertz CT molecular complexity index is 1110. The van der Waals surface area contributed by atoms with Gasteiger partial charge < -0.3 is 19.3 Å². The molecule has 1 amide bonds. The largest absolute Gasteiger partial charge is 0.455 e. The molecule has 1 aromatic carbocycles. The quantitative estimate of drug-likeness (QED) is 0.568. The van der Waals surface area contributed by atoms with Crippen LogP contribution in [0.5, 0.6) is 0 Å². The number of carbonyl (C=O) groups excluding carboxylic acids is 2. The van der Waals surface area contributed by atoms with E-state index < -0.39 is 23.3 Å². The monoisotopic (exact) mass is 523 g/mol. The summed E-state index contributed by atoms with van der Waals surface area (Å²) in [6.45, 7) is 9.68. The van der Waals surface area contributed by atoms with Crippen LogP contribution in [0.4, 0.5) is 23.7 Å². The molecule has 0 radical (unpaired) electrons. The first-order valence-corrected chi connectivity index (χ1v) is 12.2. The van der Waals surface area contributed by atoms with Crippen LogP contribution >= 0.6 is 0 Å². The van der Waals surface area contributed by atoms with E-state index in [0.29, 0.717) is 64.7 Å². The van der Waals surface area contributed by atoms with Gasteiger partial charge >= 0.3 is 18.2 Å². The second-order valence-corrected chi connectivity index (χ2v) is 10.1. The maximum atomic E-state index is 13.4. The van der Waals surface area contributed by atoms with Crippen LogP contribution in [-0.4, -0.2) is 89.7 Å². The number of piperazine rings is 1. The molecule has 4 rings (SSSR count). The van der Waals surface area contributed by atoms with Crippen molar-refractivity contribution in [3.05, 3.63) is 47.3 Å². The van der Waals surface area contributed by atoms with Gasteiger partial charge in [0, 0.05) is 57.7 Å². The molecular formula is C25H32F3N5O4. The summed E-state index contributed by atoms with van der Waals surface area (Å²) in [5.41, 5.74) is 0.0974. The number of hydrogen-bond acceptors (Lipinski definition) is 7. The number of anilines is 1. The van der Waals surface area contributed by atoms with Crippen molar-refractivity contribution in [1.82, 2.24) is 19.6 Å². The summed E-state index contributed by atoms with van der Waals surface area (Å²) >= 11 is 0. The molecule has 202 valence electrons. The van der Waals surface area contributed by atoms with Gasteiger partial charge in [-0.05, 0) is 44.5 Å². The van der Waals surface area contributed by atoms with Crippen LogP contribution in [0.1, 0.15) is 42.4 Å².